The van der Waals surface area contributed by atoms with Crippen molar-refractivity contribution in [1.82, 2.24) is 9.78 Å². The Morgan fingerprint density at radius 3 is 2.91 bits per heavy atom. The van der Waals surface area contributed by atoms with Crippen LogP contribution in [0, 0.1) is 11.1 Å². The summed E-state index contributed by atoms with van der Waals surface area (Å²) in [6.45, 7) is 1.72. The number of anilines is 1. The Bertz CT molecular complexity index is 749. The first-order valence-electron chi connectivity index (χ1n) is 6.81. The van der Waals surface area contributed by atoms with Crippen molar-refractivity contribution in [2.45, 2.75) is 6.92 Å². The SMILES string of the molecule is CC(CS(C)=O)C(=O)N(C)c1cn(-c2ccc[n+]([O-])c2)nc1Cl. The fourth-order valence-corrected chi connectivity index (χ4v) is 3.26. The highest BCUT2D eigenvalue weighted by atomic mass is 35.5. The van der Waals surface area contributed by atoms with E-state index in [4.69, 9.17) is 11.6 Å². The monoisotopic (exact) mass is 356 g/mol. The molecule has 1 amide bonds. The first-order valence-corrected chi connectivity index (χ1v) is 8.92. The summed E-state index contributed by atoms with van der Waals surface area (Å²) in [5.74, 6) is -0.316. The molecule has 0 fully saturated rings. The van der Waals surface area contributed by atoms with Crippen LogP contribution in [0.2, 0.25) is 5.15 Å². The minimum atomic E-state index is -1.06. The van der Waals surface area contributed by atoms with E-state index in [0.29, 0.717) is 16.1 Å². The molecule has 0 aliphatic carbocycles. The molecule has 2 heterocycles. The number of nitrogens with zero attached hydrogens (tertiary/aromatic N) is 4. The fourth-order valence-electron chi connectivity index (χ4n) is 2.15. The number of carbonyl (C=O) groups is 1. The summed E-state index contributed by atoms with van der Waals surface area (Å²) in [7, 11) is 0.526. The van der Waals surface area contributed by atoms with Gasteiger partial charge in [0.2, 0.25) is 12.1 Å². The number of hydrogen-bond acceptors (Lipinski definition) is 4. The van der Waals surface area contributed by atoms with Gasteiger partial charge in [-0.05, 0) is 6.07 Å². The second-order valence-corrected chi connectivity index (χ2v) is 7.05. The van der Waals surface area contributed by atoms with E-state index >= 15 is 0 Å². The number of carbonyl (C=O) groups excluding carboxylic acids is 1. The smallest absolute Gasteiger partial charge is 0.230 e. The van der Waals surface area contributed by atoms with Crippen molar-refractivity contribution < 1.29 is 13.7 Å². The average molecular weight is 357 g/mol. The minimum absolute atomic E-state index is 0.145. The van der Waals surface area contributed by atoms with E-state index in [-0.39, 0.29) is 16.8 Å². The maximum atomic E-state index is 12.4. The number of rotatable bonds is 5. The summed E-state index contributed by atoms with van der Waals surface area (Å²) < 4.78 is 13.4. The van der Waals surface area contributed by atoms with Crippen LogP contribution in [0.25, 0.3) is 5.69 Å². The van der Waals surface area contributed by atoms with Crippen LogP contribution in [0.3, 0.4) is 0 Å². The maximum Gasteiger partial charge on any atom is 0.230 e. The van der Waals surface area contributed by atoms with Gasteiger partial charge < -0.3 is 10.1 Å². The summed E-state index contributed by atoms with van der Waals surface area (Å²) >= 11 is 6.11. The van der Waals surface area contributed by atoms with Gasteiger partial charge in [-0.1, -0.05) is 18.5 Å². The Morgan fingerprint density at radius 1 is 1.61 bits per heavy atom. The van der Waals surface area contributed by atoms with Crippen molar-refractivity contribution in [1.29, 1.82) is 0 Å². The lowest BCUT2D eigenvalue weighted by atomic mass is 10.2. The van der Waals surface area contributed by atoms with Crippen LogP contribution in [0.1, 0.15) is 6.92 Å². The molecule has 0 aliphatic rings. The fraction of sp³-hybridized carbons (Fsp3) is 0.357. The number of aromatic nitrogens is 3. The van der Waals surface area contributed by atoms with Gasteiger partial charge in [-0.2, -0.15) is 9.83 Å². The highest BCUT2D eigenvalue weighted by molar-refractivity contribution is 7.84. The van der Waals surface area contributed by atoms with Crippen LogP contribution in [-0.2, 0) is 15.6 Å². The first kappa shape index (κ1) is 17.4. The van der Waals surface area contributed by atoms with Gasteiger partial charge in [0.25, 0.3) is 0 Å². The molecular weight excluding hydrogens is 340 g/mol. The molecule has 2 rings (SSSR count). The number of hydrogen-bond donors (Lipinski definition) is 0. The molecule has 0 aliphatic heterocycles. The molecule has 0 aromatic carbocycles. The number of pyridine rings is 1. The molecule has 0 N–H and O–H groups in total. The minimum Gasteiger partial charge on any atom is -0.619 e. The van der Waals surface area contributed by atoms with Crippen LogP contribution in [0.5, 0.6) is 0 Å². The van der Waals surface area contributed by atoms with Crippen molar-refractivity contribution in [3.05, 3.63) is 41.1 Å². The molecule has 124 valence electrons. The van der Waals surface area contributed by atoms with Gasteiger partial charge >= 0.3 is 0 Å². The molecule has 2 aromatic rings. The highest BCUT2D eigenvalue weighted by Crippen LogP contribution is 2.26. The molecule has 0 saturated carbocycles. The zero-order valence-electron chi connectivity index (χ0n) is 13.0. The molecular formula is C14H17ClN4O3S. The Balaban J connectivity index is 2.27. The van der Waals surface area contributed by atoms with Crippen LogP contribution in [0.15, 0.2) is 30.7 Å². The van der Waals surface area contributed by atoms with Crippen molar-refractivity contribution in [2.24, 2.45) is 5.92 Å². The van der Waals surface area contributed by atoms with E-state index in [9.17, 15) is 14.2 Å². The molecule has 2 aromatic heterocycles. The van der Waals surface area contributed by atoms with Crippen molar-refractivity contribution in [3.8, 4) is 5.69 Å². The number of halogens is 1. The number of amides is 1. The first-order chi connectivity index (χ1) is 10.8. The van der Waals surface area contributed by atoms with Gasteiger partial charge in [0.1, 0.15) is 11.4 Å². The molecule has 0 bridgehead atoms. The maximum absolute atomic E-state index is 12.4. The lowest BCUT2D eigenvalue weighted by Gasteiger charge is -2.19. The predicted octanol–water partition coefficient (Wildman–Crippen LogP) is 1.14. The Morgan fingerprint density at radius 2 is 2.30 bits per heavy atom. The highest BCUT2D eigenvalue weighted by Gasteiger charge is 2.23. The Hall–Kier alpha value is -1.93. The van der Waals surface area contributed by atoms with Crippen molar-refractivity contribution in [3.63, 3.8) is 0 Å². The Labute approximate surface area is 141 Å². The van der Waals surface area contributed by atoms with Crippen molar-refractivity contribution >= 4 is 34.0 Å². The zero-order chi connectivity index (χ0) is 17.1. The van der Waals surface area contributed by atoms with Gasteiger partial charge in [-0.25, -0.2) is 4.68 Å². The molecule has 9 heteroatoms. The van der Waals surface area contributed by atoms with Gasteiger partial charge in [0, 0.05) is 41.8 Å². The molecule has 0 radical (unpaired) electrons. The van der Waals surface area contributed by atoms with E-state index in [1.54, 1.807) is 38.6 Å². The summed E-state index contributed by atoms with van der Waals surface area (Å²) in [6, 6.07) is 3.29. The second-order valence-electron chi connectivity index (χ2n) is 5.21. The quantitative estimate of drug-likeness (QED) is 0.594. The van der Waals surface area contributed by atoms with E-state index < -0.39 is 16.7 Å². The van der Waals surface area contributed by atoms with Crippen LogP contribution in [-0.4, -0.2) is 39.0 Å². The molecule has 0 spiro atoms. The molecule has 0 saturated heterocycles. The normalized spacial score (nSPS) is 13.6. The van der Waals surface area contributed by atoms with Crippen molar-refractivity contribution in [2.75, 3.05) is 24.0 Å². The van der Waals surface area contributed by atoms with Gasteiger partial charge in [0.15, 0.2) is 11.3 Å². The summed E-state index contributed by atoms with van der Waals surface area (Å²) in [6.07, 6.45) is 5.84. The third kappa shape index (κ3) is 4.08. The summed E-state index contributed by atoms with van der Waals surface area (Å²) in [4.78, 5) is 13.8. The van der Waals surface area contributed by atoms with Gasteiger partial charge in [-0.3, -0.25) is 9.00 Å². The van der Waals surface area contributed by atoms with E-state index in [1.807, 2.05) is 0 Å². The topological polar surface area (TPSA) is 82.1 Å². The van der Waals surface area contributed by atoms with Crippen LogP contribution >= 0.6 is 11.6 Å². The second kappa shape index (κ2) is 7.10. The molecule has 2 atom stereocenters. The molecule has 23 heavy (non-hydrogen) atoms. The lowest BCUT2D eigenvalue weighted by Crippen LogP contribution is -2.33. The molecule has 7 nitrogen and oxygen atoms in total. The Kier molecular flexibility index (Phi) is 5.38. The summed E-state index contributed by atoms with van der Waals surface area (Å²) in [5.41, 5.74) is 0.950. The summed E-state index contributed by atoms with van der Waals surface area (Å²) in [5, 5.41) is 15.6. The van der Waals surface area contributed by atoms with E-state index in [2.05, 4.69) is 5.10 Å². The van der Waals surface area contributed by atoms with Crippen LogP contribution in [0.4, 0.5) is 5.69 Å². The lowest BCUT2D eigenvalue weighted by molar-refractivity contribution is -0.605. The van der Waals surface area contributed by atoms with Crippen LogP contribution < -0.4 is 9.63 Å². The van der Waals surface area contributed by atoms with Gasteiger partial charge in [-0.15, -0.1) is 0 Å². The third-order valence-electron chi connectivity index (χ3n) is 3.27. The largest absolute Gasteiger partial charge is 0.619 e. The predicted molar refractivity (Wildman–Crippen MR) is 89.0 cm³/mol. The standard InChI is InChI=1S/C14H17ClN4O3S/c1-10(9-23(3)22)14(20)17(2)12-8-19(16-13(12)15)11-5-4-6-18(21)7-11/h4-8,10H,9H2,1-3H3. The van der Waals surface area contributed by atoms with E-state index in [1.165, 1.54) is 22.0 Å². The third-order valence-corrected chi connectivity index (χ3v) is 4.51. The molecule has 2 unspecified atom stereocenters. The zero-order valence-corrected chi connectivity index (χ0v) is 14.5. The van der Waals surface area contributed by atoms with E-state index in [0.717, 1.165) is 0 Å². The average Bonchev–Trinajstić information content (AvgIpc) is 2.87. The van der Waals surface area contributed by atoms with Gasteiger partial charge in [0.05, 0.1) is 6.20 Å².